The Hall–Kier alpha value is -1.73. The average Bonchev–Trinajstić information content (AvgIpc) is 3.02. The fourth-order valence-electron chi connectivity index (χ4n) is 2.01. The van der Waals surface area contributed by atoms with Gasteiger partial charge >= 0.3 is 5.69 Å². The maximum Gasteiger partial charge on any atom is 0.328 e. The number of rotatable bonds is 3. The van der Waals surface area contributed by atoms with Crippen LogP contribution in [-0.4, -0.2) is 19.5 Å². The highest BCUT2D eigenvalue weighted by Gasteiger charge is 2.12. The Bertz CT molecular complexity index is 826. The van der Waals surface area contributed by atoms with Crippen LogP contribution in [0.15, 0.2) is 21.6 Å². The van der Waals surface area contributed by atoms with Crippen LogP contribution < -0.4 is 5.69 Å². The number of aryl methyl sites for hydroxylation is 1. The summed E-state index contributed by atoms with van der Waals surface area (Å²) in [5.74, 6) is 0.742. The van der Waals surface area contributed by atoms with Crippen molar-refractivity contribution < 1.29 is 0 Å². The lowest BCUT2D eigenvalue weighted by Gasteiger charge is -2.03. The van der Waals surface area contributed by atoms with Crippen molar-refractivity contribution in [3.63, 3.8) is 0 Å². The zero-order valence-corrected chi connectivity index (χ0v) is 11.9. The van der Waals surface area contributed by atoms with Crippen molar-refractivity contribution >= 4 is 34.7 Å². The average molecular weight is 292 g/mol. The third kappa shape index (κ3) is 2.04. The highest BCUT2D eigenvalue weighted by atomic mass is 32.1. The minimum Gasteiger partial charge on any atom is -0.334 e. The Morgan fingerprint density at radius 3 is 3.00 bits per heavy atom. The number of aromatic nitrogens is 4. The van der Waals surface area contributed by atoms with E-state index in [1.165, 1.54) is 0 Å². The lowest BCUT2D eigenvalue weighted by Crippen LogP contribution is -2.23. The summed E-state index contributed by atoms with van der Waals surface area (Å²) >= 11 is 6.79. The number of aromatic amines is 2. The van der Waals surface area contributed by atoms with Crippen LogP contribution in [0.3, 0.4) is 0 Å². The zero-order valence-electron chi connectivity index (χ0n) is 10.3. The van der Waals surface area contributed by atoms with Crippen LogP contribution in [0.2, 0.25) is 0 Å². The van der Waals surface area contributed by atoms with Gasteiger partial charge in [0.25, 0.3) is 0 Å². The van der Waals surface area contributed by atoms with Gasteiger partial charge in [0.2, 0.25) is 0 Å². The second-order valence-corrected chi connectivity index (χ2v) is 5.40. The molecule has 98 valence electrons. The lowest BCUT2D eigenvalue weighted by molar-refractivity contribution is 0.654. The van der Waals surface area contributed by atoms with Gasteiger partial charge in [-0.25, -0.2) is 9.78 Å². The van der Waals surface area contributed by atoms with Crippen molar-refractivity contribution in [1.82, 2.24) is 19.5 Å². The number of thiophene rings is 1. The Morgan fingerprint density at radius 2 is 2.32 bits per heavy atom. The first-order chi connectivity index (χ1) is 9.20. The molecule has 2 N–H and O–H groups in total. The molecule has 0 bridgehead atoms. The fraction of sp³-hybridized carbons (Fsp3) is 0.250. The smallest absolute Gasteiger partial charge is 0.328 e. The maximum atomic E-state index is 11.9. The molecule has 5 nitrogen and oxygen atoms in total. The van der Waals surface area contributed by atoms with E-state index in [0.717, 1.165) is 17.8 Å². The summed E-state index contributed by atoms with van der Waals surface area (Å²) in [7, 11) is 0. The molecule has 0 unspecified atom stereocenters. The Labute approximate surface area is 118 Å². The molecule has 3 aromatic rings. The zero-order chi connectivity index (χ0) is 13.4. The molecule has 0 amide bonds. The van der Waals surface area contributed by atoms with E-state index in [4.69, 9.17) is 12.2 Å². The standard InChI is InChI=1S/C12H12N4OS2/c1-2-4-16-10-8(11(18)15-12(16)17)13-9(14-10)7-3-5-19-6-7/h3,5-6H,2,4H2,1H3,(H,13,14)(H,15,17,18). The topological polar surface area (TPSA) is 66.5 Å². The first kappa shape index (κ1) is 12.3. The monoisotopic (exact) mass is 292 g/mol. The molecule has 7 heteroatoms. The Kier molecular flexibility index (Phi) is 3.08. The number of nitrogens with zero attached hydrogens (tertiary/aromatic N) is 2. The predicted octanol–water partition coefficient (Wildman–Crippen LogP) is 2.92. The number of hydrogen-bond donors (Lipinski definition) is 2. The third-order valence-electron chi connectivity index (χ3n) is 2.87. The van der Waals surface area contributed by atoms with Crippen LogP contribution >= 0.6 is 23.6 Å². The van der Waals surface area contributed by atoms with Crippen molar-refractivity contribution in [3.05, 3.63) is 32.0 Å². The lowest BCUT2D eigenvalue weighted by atomic mass is 10.3. The van der Waals surface area contributed by atoms with E-state index in [1.54, 1.807) is 15.9 Å². The van der Waals surface area contributed by atoms with Crippen molar-refractivity contribution in [2.75, 3.05) is 0 Å². The molecule has 19 heavy (non-hydrogen) atoms. The SMILES string of the molecule is CCCn1c(=O)[nH]c(=S)c2[nH]c(-c3ccsc3)nc21. The van der Waals surface area contributed by atoms with Gasteiger partial charge in [0.15, 0.2) is 5.65 Å². The van der Waals surface area contributed by atoms with E-state index in [0.29, 0.717) is 22.3 Å². The number of nitrogens with one attached hydrogen (secondary N) is 2. The minimum atomic E-state index is -0.206. The number of imidazole rings is 1. The predicted molar refractivity (Wildman–Crippen MR) is 79.1 cm³/mol. The van der Waals surface area contributed by atoms with Gasteiger partial charge in [-0.2, -0.15) is 11.3 Å². The summed E-state index contributed by atoms with van der Waals surface area (Å²) in [6.45, 7) is 2.64. The quantitative estimate of drug-likeness (QED) is 0.729. The highest BCUT2D eigenvalue weighted by Crippen LogP contribution is 2.22. The minimum absolute atomic E-state index is 0.206. The highest BCUT2D eigenvalue weighted by molar-refractivity contribution is 7.71. The molecule has 0 aliphatic rings. The Balaban J connectivity index is 2.32. The van der Waals surface area contributed by atoms with E-state index >= 15 is 0 Å². The van der Waals surface area contributed by atoms with Crippen LogP contribution in [0.4, 0.5) is 0 Å². The van der Waals surface area contributed by atoms with E-state index in [-0.39, 0.29) is 5.69 Å². The van der Waals surface area contributed by atoms with Gasteiger partial charge in [0, 0.05) is 17.5 Å². The first-order valence-corrected chi connectivity index (χ1v) is 7.31. The molecule has 3 aromatic heterocycles. The molecule has 0 saturated carbocycles. The summed E-state index contributed by atoms with van der Waals surface area (Å²) in [4.78, 5) is 22.3. The third-order valence-corrected chi connectivity index (χ3v) is 3.86. The maximum absolute atomic E-state index is 11.9. The van der Waals surface area contributed by atoms with Crippen LogP contribution in [0.1, 0.15) is 13.3 Å². The molecular formula is C12H12N4OS2. The van der Waals surface area contributed by atoms with E-state index in [9.17, 15) is 4.79 Å². The van der Waals surface area contributed by atoms with Gasteiger partial charge in [0.05, 0.1) is 0 Å². The second kappa shape index (κ2) is 4.75. The molecule has 0 radical (unpaired) electrons. The van der Waals surface area contributed by atoms with Crippen molar-refractivity contribution in [3.8, 4) is 11.4 Å². The Morgan fingerprint density at radius 1 is 1.47 bits per heavy atom. The molecule has 0 aromatic carbocycles. The molecule has 3 heterocycles. The van der Waals surface area contributed by atoms with Crippen LogP contribution in [-0.2, 0) is 6.54 Å². The summed E-state index contributed by atoms with van der Waals surface area (Å²) < 4.78 is 2.03. The summed E-state index contributed by atoms with van der Waals surface area (Å²) in [5.41, 5.74) is 2.13. The van der Waals surface area contributed by atoms with E-state index in [1.807, 2.05) is 23.8 Å². The van der Waals surface area contributed by atoms with Crippen molar-refractivity contribution in [1.29, 1.82) is 0 Å². The molecular weight excluding hydrogens is 280 g/mol. The molecule has 0 spiro atoms. The molecule has 3 rings (SSSR count). The van der Waals surface area contributed by atoms with E-state index < -0.39 is 0 Å². The van der Waals surface area contributed by atoms with Crippen molar-refractivity contribution in [2.24, 2.45) is 0 Å². The molecule has 0 atom stereocenters. The summed E-state index contributed by atoms with van der Waals surface area (Å²) in [6.07, 6.45) is 0.861. The first-order valence-electron chi connectivity index (χ1n) is 5.96. The second-order valence-electron chi connectivity index (χ2n) is 4.21. The van der Waals surface area contributed by atoms with Gasteiger partial charge in [-0.05, 0) is 17.9 Å². The normalized spacial score (nSPS) is 11.2. The van der Waals surface area contributed by atoms with Crippen LogP contribution in [0.25, 0.3) is 22.6 Å². The van der Waals surface area contributed by atoms with Gasteiger partial charge < -0.3 is 4.98 Å². The molecule has 0 aliphatic carbocycles. The van der Waals surface area contributed by atoms with Gasteiger partial charge in [0.1, 0.15) is 16.0 Å². The van der Waals surface area contributed by atoms with Gasteiger partial charge in [-0.3, -0.25) is 9.55 Å². The molecule has 0 saturated heterocycles. The van der Waals surface area contributed by atoms with Crippen molar-refractivity contribution in [2.45, 2.75) is 19.9 Å². The summed E-state index contributed by atoms with van der Waals surface area (Å²) in [6, 6.07) is 1.98. The van der Waals surface area contributed by atoms with Gasteiger partial charge in [-0.1, -0.05) is 19.1 Å². The molecule has 0 fully saturated rings. The van der Waals surface area contributed by atoms with Crippen LogP contribution in [0, 0.1) is 4.64 Å². The van der Waals surface area contributed by atoms with E-state index in [2.05, 4.69) is 15.0 Å². The number of hydrogen-bond acceptors (Lipinski definition) is 4. The fourth-order valence-corrected chi connectivity index (χ4v) is 2.88. The largest absolute Gasteiger partial charge is 0.334 e. The van der Waals surface area contributed by atoms with Crippen LogP contribution in [0.5, 0.6) is 0 Å². The van der Waals surface area contributed by atoms with Gasteiger partial charge in [-0.15, -0.1) is 0 Å². The number of H-pyrrole nitrogens is 2. The summed E-state index contributed by atoms with van der Waals surface area (Å²) in [5, 5.41) is 4.00. The molecule has 0 aliphatic heterocycles. The number of fused-ring (bicyclic) bond motifs is 1.